The fraction of sp³-hybridized carbons (Fsp3) is 0.200. The minimum Gasteiger partial charge on any atom is -0.494 e. The second-order valence-corrected chi connectivity index (χ2v) is 9.74. The molecule has 94 valence electrons. The predicted molar refractivity (Wildman–Crippen MR) is 87.7 cm³/mol. The van der Waals surface area contributed by atoms with E-state index in [1.165, 1.54) is 0 Å². The summed E-state index contributed by atoms with van der Waals surface area (Å²) in [5.41, 5.74) is 0. The first-order chi connectivity index (χ1) is 8.65. The molecule has 1 aromatic carbocycles. The normalized spacial score (nSPS) is 11.2. The number of hydrogen-bond acceptors (Lipinski definition) is 8. The molecule has 0 radical (unpaired) electrons. The highest BCUT2D eigenvalue weighted by Gasteiger charge is 2.20. The minimum atomic E-state index is 0.871. The van der Waals surface area contributed by atoms with Crippen molar-refractivity contribution in [3.8, 4) is 11.5 Å². The summed E-state index contributed by atoms with van der Waals surface area (Å²) < 4.78 is 17.1. The Morgan fingerprint density at radius 3 is 1.17 bits per heavy atom. The molecule has 2 aromatic heterocycles. The van der Waals surface area contributed by atoms with Crippen molar-refractivity contribution >= 4 is 88.6 Å². The second-order valence-electron chi connectivity index (χ2n) is 3.29. The molecule has 3 rings (SSSR count). The zero-order chi connectivity index (χ0) is 12.9. The van der Waals surface area contributed by atoms with E-state index in [2.05, 4.69) is 0 Å². The largest absolute Gasteiger partial charge is 0.494 e. The summed E-state index contributed by atoms with van der Waals surface area (Å²) in [4.78, 5) is 0. The van der Waals surface area contributed by atoms with Crippen LogP contribution in [-0.4, -0.2) is 14.2 Å². The van der Waals surface area contributed by atoms with Crippen LogP contribution in [0.4, 0.5) is 0 Å². The van der Waals surface area contributed by atoms with Gasteiger partial charge in [0.15, 0.2) is 11.5 Å². The molecule has 18 heavy (non-hydrogen) atoms. The van der Waals surface area contributed by atoms with E-state index < -0.39 is 0 Å². The summed E-state index contributed by atoms with van der Waals surface area (Å²) in [6, 6.07) is 0. The molecule has 0 aliphatic carbocycles. The van der Waals surface area contributed by atoms with Gasteiger partial charge in [-0.3, -0.25) is 0 Å². The first-order valence-electron chi connectivity index (χ1n) is 4.77. The lowest BCUT2D eigenvalue weighted by atomic mass is 10.3. The van der Waals surface area contributed by atoms with Crippen LogP contribution >= 0.6 is 69.8 Å². The summed E-state index contributed by atoms with van der Waals surface area (Å²) >= 11 is 16.8. The van der Waals surface area contributed by atoms with Gasteiger partial charge in [0.25, 0.3) is 0 Å². The molecule has 0 fully saturated rings. The van der Waals surface area contributed by atoms with Crippen molar-refractivity contribution in [2.45, 2.75) is 0 Å². The van der Waals surface area contributed by atoms with Crippen molar-refractivity contribution in [1.29, 1.82) is 0 Å². The van der Waals surface area contributed by atoms with Gasteiger partial charge in [0, 0.05) is 0 Å². The van der Waals surface area contributed by atoms with Crippen molar-refractivity contribution in [3.05, 3.63) is 6.28 Å². The Balaban J connectivity index is 2.67. The van der Waals surface area contributed by atoms with E-state index in [9.17, 15) is 0 Å². The molecule has 2 nitrogen and oxygen atoms in total. The molecule has 0 bridgehead atoms. The molecular weight excluding hydrogens is 345 g/mol. The molecule has 8 heteroatoms. The Morgan fingerprint density at radius 1 is 0.667 bits per heavy atom. The molecule has 2 heterocycles. The van der Waals surface area contributed by atoms with Crippen LogP contribution in [0, 0.1) is 6.28 Å². The Hall–Kier alpha value is -0.120. The fourth-order valence-electron chi connectivity index (χ4n) is 1.74. The van der Waals surface area contributed by atoms with Gasteiger partial charge in [0.2, 0.25) is 0 Å². The van der Waals surface area contributed by atoms with Crippen LogP contribution in [0.1, 0.15) is 0 Å². The molecule has 0 aliphatic heterocycles. The number of fused-ring (bicyclic) bond motifs is 2. The maximum absolute atomic E-state index is 5.55. The molecular formula is C10H6O2S6. The van der Waals surface area contributed by atoms with Crippen LogP contribution in [0.2, 0.25) is 0 Å². The highest BCUT2D eigenvalue weighted by atomic mass is 32.2. The number of methoxy groups -OCH3 is 2. The summed E-state index contributed by atoms with van der Waals surface area (Å²) in [5.74, 6) is 1.74. The average Bonchev–Trinajstić information content (AvgIpc) is 2.87. The predicted octanol–water partition coefficient (Wildman–Crippen LogP) is 5.72. The third-order valence-electron chi connectivity index (χ3n) is 2.39. The van der Waals surface area contributed by atoms with E-state index in [0.29, 0.717) is 0 Å². The van der Waals surface area contributed by atoms with Gasteiger partial charge in [-0.05, 0) is 0 Å². The van der Waals surface area contributed by atoms with Crippen molar-refractivity contribution in [1.82, 2.24) is 0 Å². The van der Waals surface area contributed by atoms with Crippen LogP contribution in [0.25, 0.3) is 18.8 Å². The highest BCUT2D eigenvalue weighted by Crippen LogP contribution is 2.51. The number of benzene rings is 1. The van der Waals surface area contributed by atoms with Crippen LogP contribution in [-0.2, 0) is 0 Å². The molecule has 0 saturated carbocycles. The van der Waals surface area contributed by atoms with Gasteiger partial charge in [0.05, 0.1) is 33.0 Å². The molecule has 0 amide bonds. The van der Waals surface area contributed by atoms with E-state index in [0.717, 1.165) is 36.6 Å². The minimum absolute atomic E-state index is 0.871. The standard InChI is InChI=1S/C10H6O2S6/c1-11-3-5-7(17-9(13)15-5)4(12-2)8-6(3)16-10(14)18-8/h1-2H3. The van der Waals surface area contributed by atoms with Gasteiger partial charge >= 0.3 is 0 Å². The van der Waals surface area contributed by atoms with Gasteiger partial charge in [-0.2, -0.15) is 0 Å². The van der Waals surface area contributed by atoms with Crippen molar-refractivity contribution in [2.24, 2.45) is 0 Å². The monoisotopic (exact) mass is 350 g/mol. The summed E-state index contributed by atoms with van der Waals surface area (Å²) in [6.07, 6.45) is 0. The molecule has 0 unspecified atom stereocenters. The SMILES string of the molecule is COc1c2sc(=S)sc2c(OC)c2sc(=S)sc12. The lowest BCUT2D eigenvalue weighted by Crippen LogP contribution is -1.87. The summed E-state index contributed by atoms with van der Waals surface area (Å²) in [6.45, 7) is 0. The quantitative estimate of drug-likeness (QED) is 0.550. The highest BCUT2D eigenvalue weighted by molar-refractivity contribution is 7.77. The zero-order valence-electron chi connectivity index (χ0n) is 9.27. The van der Waals surface area contributed by atoms with Crippen LogP contribution in [0.5, 0.6) is 11.5 Å². The Bertz CT molecular complexity index is 718. The number of ether oxygens (including phenoxy) is 2. The Kier molecular flexibility index (Phi) is 3.41. The maximum Gasteiger partial charge on any atom is 0.156 e. The van der Waals surface area contributed by atoms with Gasteiger partial charge in [-0.25, -0.2) is 0 Å². The molecule has 0 atom stereocenters. The van der Waals surface area contributed by atoms with E-state index in [4.69, 9.17) is 33.9 Å². The first kappa shape index (κ1) is 12.9. The lowest BCUT2D eigenvalue weighted by molar-refractivity contribution is 0.419. The van der Waals surface area contributed by atoms with Gasteiger partial charge in [-0.15, -0.1) is 45.3 Å². The van der Waals surface area contributed by atoms with E-state index >= 15 is 0 Å². The Morgan fingerprint density at radius 2 is 0.944 bits per heavy atom. The van der Waals surface area contributed by atoms with Gasteiger partial charge < -0.3 is 9.47 Å². The van der Waals surface area contributed by atoms with Gasteiger partial charge in [-0.1, -0.05) is 24.4 Å². The van der Waals surface area contributed by atoms with Gasteiger partial charge in [0.1, 0.15) is 6.28 Å². The van der Waals surface area contributed by atoms with E-state index in [-0.39, 0.29) is 0 Å². The summed E-state index contributed by atoms with van der Waals surface area (Å²) in [5, 5.41) is 0. The van der Waals surface area contributed by atoms with Crippen molar-refractivity contribution in [3.63, 3.8) is 0 Å². The van der Waals surface area contributed by atoms with Crippen LogP contribution < -0.4 is 9.47 Å². The molecule has 0 spiro atoms. The molecule has 0 aliphatic rings. The fourth-order valence-corrected chi connectivity index (χ4v) is 7.22. The smallest absolute Gasteiger partial charge is 0.156 e. The molecule has 0 N–H and O–H groups in total. The molecule has 0 saturated heterocycles. The average molecular weight is 351 g/mol. The summed E-state index contributed by atoms with van der Waals surface area (Å²) in [7, 11) is 3.36. The number of hydrogen-bond donors (Lipinski definition) is 0. The van der Waals surface area contributed by atoms with E-state index in [1.807, 2.05) is 0 Å². The number of rotatable bonds is 2. The van der Waals surface area contributed by atoms with Crippen molar-refractivity contribution in [2.75, 3.05) is 14.2 Å². The maximum atomic E-state index is 5.55. The molecule has 3 aromatic rings. The Labute approximate surface area is 129 Å². The van der Waals surface area contributed by atoms with Crippen LogP contribution in [0.15, 0.2) is 0 Å². The topological polar surface area (TPSA) is 18.5 Å². The van der Waals surface area contributed by atoms with E-state index in [1.54, 1.807) is 59.6 Å². The third kappa shape index (κ3) is 1.83. The lowest BCUT2D eigenvalue weighted by Gasteiger charge is -2.07. The first-order valence-corrected chi connectivity index (χ1v) is 8.85. The van der Waals surface area contributed by atoms with Crippen LogP contribution in [0.3, 0.4) is 0 Å². The van der Waals surface area contributed by atoms with Crippen molar-refractivity contribution < 1.29 is 9.47 Å². The zero-order valence-corrected chi connectivity index (χ0v) is 14.2. The second kappa shape index (κ2) is 4.77. The third-order valence-corrected chi connectivity index (χ3v) is 7.69.